The van der Waals surface area contributed by atoms with E-state index in [1.54, 1.807) is 0 Å². The number of carbonyl (C=O) groups is 1. The van der Waals surface area contributed by atoms with Gasteiger partial charge in [-0.1, -0.05) is 6.07 Å². The second kappa shape index (κ2) is 26.7. The third kappa shape index (κ3) is 16.7. The summed E-state index contributed by atoms with van der Waals surface area (Å²) in [5, 5.41) is 84.2. The van der Waals surface area contributed by atoms with Crippen LogP contribution in [0, 0.1) is 10.1 Å². The number of nitro groups is 1. The topological polar surface area (TPSA) is 712 Å². The van der Waals surface area contributed by atoms with E-state index in [4.69, 9.17) is 31.0 Å². The molecule has 0 bridgehead atoms. The Morgan fingerprint density at radius 1 is 0.484 bits per heavy atom. The first-order chi connectivity index (χ1) is 42.7. The maximum absolute atomic E-state index is 13.1. The number of phenolic OH excluding ortho intramolecular Hbond substituents is 2. The predicted molar refractivity (Wildman–Crippen MR) is 302 cm³/mol. The number of phenols is 2. The van der Waals surface area contributed by atoms with Crippen molar-refractivity contribution in [3.63, 3.8) is 0 Å². The van der Waals surface area contributed by atoms with E-state index in [1.165, 1.54) is 0 Å². The van der Waals surface area contributed by atoms with Gasteiger partial charge in [-0.05, 0) is 78.9 Å². The molecule has 7 aromatic carbocycles. The standard InChI is InChI=1S/C42H28N12O25S6.2O3S/c43-34-28(16-29(81(65,66)67)22-8-11-26(39(56)33(22)34)47-45-25-10-4-19(54(60)61)14-31(25)83(71,72)73)49-48-27-12-7-21-23(40(27)85(77,78)79)15-32(84(74,75)76)35(38(21)55)50-44-17-1-9-24(30(13-17)82(68,69)70)46-51-36-37(42(58)59)52-53(41(36)57)18-2-5-20(6-3-18)80(62,63)64;2*1-4(2)3/h1-16,55-57H,43H2,(H,58,59)(H,62,63,64)(H,65,66,67)(H,68,69,70)(H,71,72,73)(H,74,75,76)(H,77,78,79);;. The number of anilines is 1. The number of fused-ring (bicyclic) bond motifs is 2. The number of benzene rings is 7. The lowest BCUT2D eigenvalue weighted by atomic mass is 10.1. The van der Waals surface area contributed by atoms with E-state index in [0.29, 0.717) is 35.0 Å². The number of hydrogen-bond donors (Lipinski definition) is 11. The van der Waals surface area contributed by atoms with Crippen LogP contribution in [0.15, 0.2) is 167 Å². The van der Waals surface area contributed by atoms with E-state index >= 15 is 0 Å². The molecule has 8 rings (SSSR count). The quantitative estimate of drug-likeness (QED) is 0.0173. The molecule has 0 atom stereocenters. The van der Waals surface area contributed by atoms with Gasteiger partial charge in [-0.2, -0.15) is 65.4 Å². The number of rotatable bonds is 17. The smallest absolute Gasteiger partial charge is 0.425 e. The van der Waals surface area contributed by atoms with E-state index < -0.39 is 224 Å². The van der Waals surface area contributed by atoms with Gasteiger partial charge in [0, 0.05) is 28.3 Å². The molecule has 0 radical (unpaired) electrons. The fourth-order valence-electron chi connectivity index (χ4n) is 7.63. The molecule has 0 amide bonds. The van der Waals surface area contributed by atoms with Crippen LogP contribution in [0.25, 0.3) is 27.2 Å². The summed E-state index contributed by atoms with van der Waals surface area (Å²) in [6.07, 6.45) is 0. The largest absolute Gasteiger partial charge is 0.505 e. The van der Waals surface area contributed by atoms with E-state index in [9.17, 15) is 113 Å². The van der Waals surface area contributed by atoms with Crippen LogP contribution in [0.3, 0.4) is 0 Å². The van der Waals surface area contributed by atoms with Crippen LogP contribution in [0.2, 0.25) is 0 Å². The number of non-ortho nitro benzene ring substituents is 1. The molecule has 1 aromatic heterocycles. The third-order valence-electron chi connectivity index (χ3n) is 11.3. The van der Waals surface area contributed by atoms with Gasteiger partial charge in [-0.25, -0.2) is 4.79 Å². The fourth-order valence-corrected chi connectivity index (χ4v) is 11.6. The summed E-state index contributed by atoms with van der Waals surface area (Å²) in [4.78, 5) is 15.4. The lowest BCUT2D eigenvalue weighted by molar-refractivity contribution is -0.385. The second-order valence-corrected chi connectivity index (χ2v) is 26.3. The lowest BCUT2D eigenvalue weighted by Crippen LogP contribution is -2.03. The maximum atomic E-state index is 13.1. The summed E-state index contributed by atoms with van der Waals surface area (Å²) in [6, 6.07) is 11.9. The normalized spacial score (nSPS) is 12.5. The molecule has 0 saturated carbocycles. The third-order valence-corrected chi connectivity index (χ3v) is 16.7. The van der Waals surface area contributed by atoms with Gasteiger partial charge in [0.15, 0.2) is 17.2 Å². The number of aromatic nitrogens is 2. The van der Waals surface area contributed by atoms with Crippen LogP contribution in [0.1, 0.15) is 10.5 Å². The number of nitrogens with two attached hydrogens (primary N) is 1. The molecule has 43 nitrogen and oxygen atoms in total. The van der Waals surface area contributed by atoms with Crippen LogP contribution in [0.5, 0.6) is 17.4 Å². The van der Waals surface area contributed by atoms with E-state index in [2.05, 4.69) is 46.0 Å². The molecule has 0 unspecified atom stereocenters. The van der Waals surface area contributed by atoms with Crippen molar-refractivity contribution in [3.05, 3.63) is 113 Å². The van der Waals surface area contributed by atoms with Gasteiger partial charge in [-0.3, -0.25) is 37.4 Å². The molecule has 0 aliphatic rings. The van der Waals surface area contributed by atoms with Gasteiger partial charge >= 0.3 is 27.2 Å². The summed E-state index contributed by atoms with van der Waals surface area (Å²) in [5.41, 5.74) is -3.23. The first kappa shape index (κ1) is 71.5. The summed E-state index contributed by atoms with van der Waals surface area (Å²) in [5.74, 6) is -5.30. The zero-order chi connectivity index (χ0) is 70.0. The number of nitrogen functional groups attached to an aromatic ring is 1. The minimum atomic E-state index is -5.70. The van der Waals surface area contributed by atoms with Crippen molar-refractivity contribution < 1.29 is 133 Å². The SMILES string of the molecule is Nc1c(N=Nc2ccc3c(O)c(N=Nc4ccc(N=Nc5c(C(=O)O)nn(-c6ccc(S(=O)(=O)O)cc6)c5O)c(S(=O)(=O)O)c4)c(S(=O)(=O)O)cc3c2S(=O)(=O)O)cc(S(=O)(=O)O)c2ccc(N=Nc3ccc([N+](=O)[O-])cc3S(=O)(=O)O)c(O)c12.O=S(=O)=O.O=S(=O)=O. The highest BCUT2D eigenvalue weighted by Gasteiger charge is 2.30. The van der Waals surface area contributed by atoms with Crippen molar-refractivity contribution in [2.75, 3.05) is 5.73 Å². The molecule has 0 fully saturated rings. The molecule has 1 heterocycles. The number of hydrogen-bond acceptors (Lipinski definition) is 34. The maximum Gasteiger partial charge on any atom is 0.425 e. The van der Waals surface area contributed by atoms with E-state index in [1.807, 2.05) is 0 Å². The highest BCUT2D eigenvalue weighted by molar-refractivity contribution is 7.87. The second-order valence-electron chi connectivity index (χ2n) is 17.1. The van der Waals surface area contributed by atoms with Gasteiger partial charge in [0.25, 0.3) is 66.4 Å². The summed E-state index contributed by atoms with van der Waals surface area (Å²) in [7, 11) is -38.2. The van der Waals surface area contributed by atoms with Gasteiger partial charge < -0.3 is 26.2 Å². The minimum absolute atomic E-state index is 0.187. The molecule has 0 spiro atoms. The zero-order valence-corrected chi connectivity index (χ0v) is 50.6. The Kier molecular flexibility index (Phi) is 20.5. The van der Waals surface area contributed by atoms with Gasteiger partial charge in [-0.15, -0.1) is 61.1 Å². The van der Waals surface area contributed by atoms with Crippen LogP contribution in [-0.2, 0) is 81.9 Å². The van der Waals surface area contributed by atoms with Crippen molar-refractivity contribution in [2.24, 2.45) is 40.9 Å². The highest BCUT2D eigenvalue weighted by atomic mass is 32.2. The molecule has 8 aromatic rings. The van der Waals surface area contributed by atoms with Crippen molar-refractivity contribution in [3.8, 4) is 23.1 Å². The molecule has 0 aliphatic heterocycles. The first-order valence-corrected chi connectivity index (χ1v) is 33.4. The summed E-state index contributed by atoms with van der Waals surface area (Å²) in [6.45, 7) is 0. The predicted octanol–water partition coefficient (Wildman–Crippen LogP) is 5.62. The summed E-state index contributed by atoms with van der Waals surface area (Å²) < 4.78 is 260. The Morgan fingerprint density at radius 2 is 0.946 bits per heavy atom. The average Bonchev–Trinajstić information content (AvgIpc) is 1.53. The number of carboxylic acid groups (broad SMARTS) is 1. The highest BCUT2D eigenvalue weighted by Crippen LogP contribution is 2.49. The van der Waals surface area contributed by atoms with Gasteiger partial charge in [0.05, 0.1) is 32.3 Å². The van der Waals surface area contributed by atoms with Crippen LogP contribution in [-0.4, -0.2) is 144 Å². The molecule has 0 aliphatic carbocycles. The number of aromatic hydroxyl groups is 3. The Hall–Kier alpha value is -10.6. The van der Waals surface area contributed by atoms with Crippen molar-refractivity contribution in [1.29, 1.82) is 0 Å². The van der Waals surface area contributed by atoms with Crippen molar-refractivity contribution >= 4 is 166 Å². The Bertz CT molecular complexity index is 5600. The van der Waals surface area contributed by atoms with Crippen LogP contribution in [0.4, 0.5) is 56.9 Å². The average molecular weight is 1450 g/mol. The first-order valence-electron chi connectivity index (χ1n) is 22.8. The van der Waals surface area contributed by atoms with Gasteiger partial charge in [0.2, 0.25) is 11.6 Å². The monoisotopic (exact) mass is 1450 g/mol. The Labute approximate surface area is 518 Å². The molecule has 12 N–H and O–H groups in total. The van der Waals surface area contributed by atoms with Crippen LogP contribution >= 0.6 is 0 Å². The Morgan fingerprint density at radius 3 is 1.46 bits per heavy atom. The molecule has 490 valence electrons. The number of azo groups is 4. The molecule has 51 heteroatoms. The fraction of sp³-hybridized carbons (Fsp3) is 0. The van der Waals surface area contributed by atoms with Crippen molar-refractivity contribution in [1.82, 2.24) is 9.78 Å². The summed E-state index contributed by atoms with van der Waals surface area (Å²) >= 11 is 0. The molecule has 93 heavy (non-hydrogen) atoms. The van der Waals surface area contributed by atoms with Gasteiger partial charge in [0.1, 0.15) is 58.6 Å². The van der Waals surface area contributed by atoms with Crippen molar-refractivity contribution in [2.45, 2.75) is 29.4 Å². The molecular weight excluding hydrogens is 1430 g/mol. The zero-order valence-electron chi connectivity index (χ0n) is 44.0. The van der Waals surface area contributed by atoms with E-state index in [-0.39, 0.29) is 5.69 Å². The Balaban J connectivity index is 0.00000162. The number of carboxylic acids is 1. The number of nitrogens with zero attached hydrogens (tertiary/aromatic N) is 11. The van der Waals surface area contributed by atoms with Crippen LogP contribution < -0.4 is 5.73 Å². The minimum Gasteiger partial charge on any atom is -0.505 e. The lowest BCUT2D eigenvalue weighted by Gasteiger charge is -2.13. The number of aromatic carboxylic acids is 1. The molecule has 0 saturated heterocycles. The molecular formula is C42H28N12O31S8. The van der Waals surface area contributed by atoms with E-state index in [0.717, 1.165) is 66.7 Å². The number of nitro benzene ring substituents is 1.